The van der Waals surface area contributed by atoms with Gasteiger partial charge in [-0.05, 0) is 44.2 Å². The van der Waals surface area contributed by atoms with Crippen molar-refractivity contribution in [1.82, 2.24) is 15.5 Å². The Balaban J connectivity index is 0.00000242. The second-order valence-corrected chi connectivity index (χ2v) is 6.70. The van der Waals surface area contributed by atoms with Crippen LogP contribution < -0.4 is 10.6 Å². The predicted octanol–water partition coefficient (Wildman–Crippen LogP) is 3.30. The molecule has 0 radical (unpaired) electrons. The molecule has 1 atom stereocenters. The number of aliphatic imine (C=N–C) groups is 1. The van der Waals surface area contributed by atoms with E-state index in [1.54, 1.807) is 11.3 Å². The first kappa shape index (κ1) is 19.7. The highest BCUT2D eigenvalue weighted by atomic mass is 127. The third kappa shape index (κ3) is 6.83. The molecule has 0 saturated carbocycles. The number of guanidine groups is 1. The first-order valence-corrected chi connectivity index (χ1v) is 8.88. The average molecular weight is 436 g/mol. The van der Waals surface area contributed by atoms with Gasteiger partial charge in [0.25, 0.3) is 0 Å². The number of piperidine rings is 1. The lowest BCUT2D eigenvalue weighted by Crippen LogP contribution is -2.41. The van der Waals surface area contributed by atoms with E-state index in [1.165, 1.54) is 43.6 Å². The quantitative estimate of drug-likeness (QED) is 0.311. The minimum Gasteiger partial charge on any atom is -0.356 e. The maximum atomic E-state index is 4.27. The Kier molecular flexibility index (Phi) is 10.1. The van der Waals surface area contributed by atoms with E-state index in [4.69, 9.17) is 0 Å². The fraction of sp³-hybridized carbons (Fsp3) is 0.688. The normalized spacial score (nSPS) is 19.5. The molecule has 2 rings (SSSR count). The fourth-order valence-electron chi connectivity index (χ4n) is 2.78. The molecule has 1 unspecified atom stereocenters. The number of thiophene rings is 1. The molecule has 0 bridgehead atoms. The van der Waals surface area contributed by atoms with Crippen LogP contribution in [0.2, 0.25) is 0 Å². The van der Waals surface area contributed by atoms with Crippen molar-refractivity contribution in [2.45, 2.75) is 45.2 Å². The summed E-state index contributed by atoms with van der Waals surface area (Å²) in [6, 6.07) is 4.98. The number of hydrogen-bond donors (Lipinski definition) is 2. The zero-order chi connectivity index (χ0) is 14.9. The maximum Gasteiger partial charge on any atom is 0.191 e. The van der Waals surface area contributed by atoms with Crippen LogP contribution in [0.1, 0.15) is 37.5 Å². The van der Waals surface area contributed by atoms with Gasteiger partial charge in [0, 0.05) is 31.1 Å². The zero-order valence-corrected chi connectivity index (χ0v) is 16.8. The Hall–Kier alpha value is -0.340. The second-order valence-electron chi connectivity index (χ2n) is 5.67. The summed E-state index contributed by atoms with van der Waals surface area (Å²) in [6.45, 7) is 6.64. The van der Waals surface area contributed by atoms with E-state index in [2.05, 4.69) is 45.0 Å². The van der Waals surface area contributed by atoms with E-state index >= 15 is 0 Å². The van der Waals surface area contributed by atoms with Gasteiger partial charge in [-0.1, -0.05) is 12.5 Å². The Morgan fingerprint density at radius 3 is 2.95 bits per heavy atom. The summed E-state index contributed by atoms with van der Waals surface area (Å²) in [6.07, 6.45) is 5.29. The van der Waals surface area contributed by atoms with Crippen LogP contribution in [-0.4, -0.2) is 43.6 Å². The third-order valence-corrected chi connectivity index (χ3v) is 4.97. The van der Waals surface area contributed by atoms with Crippen LogP contribution in [0.3, 0.4) is 0 Å². The molecular formula is C16H29IN4S. The van der Waals surface area contributed by atoms with Crippen molar-refractivity contribution in [3.05, 3.63) is 22.4 Å². The predicted molar refractivity (Wildman–Crippen MR) is 107 cm³/mol. The highest BCUT2D eigenvalue weighted by molar-refractivity contribution is 14.0. The number of likely N-dealkylation sites (tertiary alicyclic amines) is 1. The first-order chi connectivity index (χ1) is 10.3. The molecule has 22 heavy (non-hydrogen) atoms. The van der Waals surface area contributed by atoms with Gasteiger partial charge in [0.15, 0.2) is 5.96 Å². The number of rotatable bonds is 6. The average Bonchev–Trinajstić information content (AvgIpc) is 3.01. The second kappa shape index (κ2) is 11.2. The van der Waals surface area contributed by atoms with Crippen LogP contribution in [-0.2, 0) is 6.54 Å². The maximum absolute atomic E-state index is 4.27. The summed E-state index contributed by atoms with van der Waals surface area (Å²) in [5.41, 5.74) is 0. The van der Waals surface area contributed by atoms with E-state index in [0.717, 1.165) is 25.1 Å². The smallest absolute Gasteiger partial charge is 0.191 e. The summed E-state index contributed by atoms with van der Waals surface area (Å²) >= 11 is 1.77. The monoisotopic (exact) mass is 436 g/mol. The summed E-state index contributed by atoms with van der Waals surface area (Å²) in [7, 11) is 1.83. The molecule has 1 fully saturated rings. The minimum absolute atomic E-state index is 0. The lowest BCUT2D eigenvalue weighted by atomic mass is 10.0. The van der Waals surface area contributed by atoms with Crippen LogP contribution in [0.4, 0.5) is 0 Å². The van der Waals surface area contributed by atoms with Gasteiger partial charge in [-0.3, -0.25) is 4.99 Å². The van der Waals surface area contributed by atoms with Crippen molar-refractivity contribution in [2.75, 3.05) is 26.7 Å². The lowest BCUT2D eigenvalue weighted by Gasteiger charge is -2.33. The Bertz CT molecular complexity index is 422. The lowest BCUT2D eigenvalue weighted by molar-refractivity contribution is 0.159. The van der Waals surface area contributed by atoms with Gasteiger partial charge in [0.05, 0.1) is 6.54 Å². The summed E-state index contributed by atoms with van der Waals surface area (Å²) in [5, 5.41) is 8.86. The molecule has 1 aromatic rings. The fourth-order valence-corrected chi connectivity index (χ4v) is 3.43. The van der Waals surface area contributed by atoms with Crippen molar-refractivity contribution in [1.29, 1.82) is 0 Å². The van der Waals surface area contributed by atoms with Gasteiger partial charge in [0.2, 0.25) is 0 Å². The molecule has 2 N–H and O–H groups in total. The molecule has 1 aliphatic rings. The highest BCUT2D eigenvalue weighted by Crippen LogP contribution is 2.16. The van der Waals surface area contributed by atoms with Crippen molar-refractivity contribution < 1.29 is 0 Å². The molecule has 126 valence electrons. The number of nitrogens with one attached hydrogen (secondary N) is 2. The Morgan fingerprint density at radius 2 is 2.27 bits per heavy atom. The molecular weight excluding hydrogens is 407 g/mol. The molecule has 0 spiro atoms. The van der Waals surface area contributed by atoms with Crippen molar-refractivity contribution in [2.24, 2.45) is 4.99 Å². The molecule has 6 heteroatoms. The molecule has 1 saturated heterocycles. The SMILES string of the molecule is CN=C(NCCCN1CCCCC1C)NCc1cccs1.I. The molecule has 2 heterocycles. The third-order valence-electron chi connectivity index (χ3n) is 4.09. The summed E-state index contributed by atoms with van der Waals surface area (Å²) in [4.78, 5) is 8.22. The van der Waals surface area contributed by atoms with Crippen LogP contribution in [0.25, 0.3) is 0 Å². The van der Waals surface area contributed by atoms with Crippen molar-refractivity contribution in [3.8, 4) is 0 Å². The van der Waals surface area contributed by atoms with Crippen molar-refractivity contribution in [3.63, 3.8) is 0 Å². The van der Waals surface area contributed by atoms with Gasteiger partial charge in [-0.15, -0.1) is 35.3 Å². The van der Waals surface area contributed by atoms with Crippen LogP contribution in [0.15, 0.2) is 22.5 Å². The van der Waals surface area contributed by atoms with Crippen LogP contribution >= 0.6 is 35.3 Å². The van der Waals surface area contributed by atoms with Crippen LogP contribution in [0.5, 0.6) is 0 Å². The largest absolute Gasteiger partial charge is 0.356 e. The van der Waals surface area contributed by atoms with Gasteiger partial charge in [-0.25, -0.2) is 0 Å². The van der Waals surface area contributed by atoms with E-state index in [-0.39, 0.29) is 24.0 Å². The van der Waals surface area contributed by atoms with E-state index in [0.29, 0.717) is 0 Å². The van der Waals surface area contributed by atoms with Gasteiger partial charge in [0.1, 0.15) is 0 Å². The van der Waals surface area contributed by atoms with E-state index < -0.39 is 0 Å². The number of halogens is 1. The minimum atomic E-state index is 0. The summed E-state index contributed by atoms with van der Waals surface area (Å²) < 4.78 is 0. The van der Waals surface area contributed by atoms with E-state index in [9.17, 15) is 0 Å². The molecule has 0 aliphatic carbocycles. The molecule has 0 amide bonds. The van der Waals surface area contributed by atoms with Gasteiger partial charge in [-0.2, -0.15) is 0 Å². The summed E-state index contributed by atoms with van der Waals surface area (Å²) in [5.74, 6) is 0.898. The van der Waals surface area contributed by atoms with Gasteiger partial charge < -0.3 is 15.5 Å². The number of nitrogens with zero attached hydrogens (tertiary/aromatic N) is 2. The molecule has 1 aromatic heterocycles. The van der Waals surface area contributed by atoms with Crippen LogP contribution in [0, 0.1) is 0 Å². The highest BCUT2D eigenvalue weighted by Gasteiger charge is 2.16. The molecule has 0 aromatic carbocycles. The molecule has 1 aliphatic heterocycles. The van der Waals surface area contributed by atoms with Crippen molar-refractivity contribution >= 4 is 41.3 Å². The first-order valence-electron chi connectivity index (χ1n) is 8.00. The van der Waals surface area contributed by atoms with E-state index in [1.807, 2.05) is 7.05 Å². The number of hydrogen-bond acceptors (Lipinski definition) is 3. The topological polar surface area (TPSA) is 39.7 Å². The standard InChI is InChI=1S/C16H28N4S.HI/c1-14-7-3-4-10-20(14)11-6-9-18-16(17-2)19-13-15-8-5-12-21-15;/h5,8,12,14H,3-4,6-7,9-11,13H2,1-2H3,(H2,17,18,19);1H. The van der Waals surface area contributed by atoms with Gasteiger partial charge >= 0.3 is 0 Å². The Morgan fingerprint density at radius 1 is 1.41 bits per heavy atom. The Labute approximate surface area is 155 Å². The molecule has 4 nitrogen and oxygen atoms in total. The zero-order valence-electron chi connectivity index (χ0n) is 13.7.